The van der Waals surface area contributed by atoms with Gasteiger partial charge < -0.3 is 19.5 Å². The first-order chi connectivity index (χ1) is 9.19. The Labute approximate surface area is 237 Å². The molecule has 0 spiro atoms. The van der Waals surface area contributed by atoms with E-state index in [0.717, 1.165) is 0 Å². The van der Waals surface area contributed by atoms with Gasteiger partial charge in [0.25, 0.3) is 0 Å². The van der Waals surface area contributed by atoms with Crippen molar-refractivity contribution >= 4 is 12.1 Å². The minimum absolute atomic E-state index is 0. The summed E-state index contributed by atoms with van der Waals surface area (Å²) in [5, 5.41) is 11.1. The minimum Gasteiger partial charge on any atom is -0.658 e. The number of carbonyl (C=O) groups is 2. The average Bonchev–Trinajstić information content (AvgIpc) is 2.25. The van der Waals surface area contributed by atoms with Crippen molar-refractivity contribution in [3.63, 3.8) is 0 Å². The maximum absolute atomic E-state index is 12.1. The van der Waals surface area contributed by atoms with E-state index in [0.29, 0.717) is 13.0 Å². The van der Waals surface area contributed by atoms with Crippen LogP contribution in [0.3, 0.4) is 0 Å². The van der Waals surface area contributed by atoms with Crippen molar-refractivity contribution in [1.29, 1.82) is 0 Å². The van der Waals surface area contributed by atoms with Gasteiger partial charge in [0.05, 0.1) is 0 Å². The van der Waals surface area contributed by atoms with Gasteiger partial charge in [-0.1, -0.05) is 6.42 Å². The summed E-state index contributed by atoms with van der Waals surface area (Å²) in [5.41, 5.74) is -0.425. The molecular weight excluding hydrogens is 755 g/mol. The maximum atomic E-state index is 12.1. The minimum atomic E-state index is -1.22. The predicted molar refractivity (Wildman–Crippen MR) is 69.5 cm³/mol. The number of likely N-dealkylation sites (N-methyl/N-ethyl adjacent to an activating group) is 1. The van der Waals surface area contributed by atoms with E-state index in [-0.39, 0.29) is 148 Å². The number of fused-ring (bicyclic) bond motifs is 2. The summed E-state index contributed by atoms with van der Waals surface area (Å²) in [5.74, 6) is -1.22. The van der Waals surface area contributed by atoms with Gasteiger partial charge in [0.2, 0.25) is 0 Å². The molecule has 2 atom stereocenters. The van der Waals surface area contributed by atoms with E-state index in [2.05, 4.69) is 6.08 Å². The Kier molecular flexibility index (Phi) is 13.6. The molecule has 1 saturated heterocycles. The van der Waals surface area contributed by atoms with Gasteiger partial charge in [-0.2, -0.15) is 5.57 Å². The molecule has 0 aromatic rings. The molecule has 6 nitrogen and oxygen atoms in total. The summed E-state index contributed by atoms with van der Waals surface area (Å²) >= 11 is 0. The fourth-order valence-corrected chi connectivity index (χ4v) is 2.58. The van der Waals surface area contributed by atoms with E-state index in [1.165, 1.54) is 0 Å². The van der Waals surface area contributed by atoms with Crippen LogP contribution in [-0.2, 0) is 30.6 Å². The Morgan fingerprint density at radius 3 is 2.35 bits per heavy atom. The number of carboxylic acid groups (broad SMARTS) is 1. The topological polar surface area (TPSA) is 72.9 Å². The number of aliphatic carboxylic acids is 1. The summed E-state index contributed by atoms with van der Waals surface area (Å²) in [6.45, 7) is 6.24. The van der Waals surface area contributed by atoms with Gasteiger partial charge in [-0.15, -0.1) is 5.97 Å². The van der Waals surface area contributed by atoms with Gasteiger partial charge >= 0.3 is 64.3 Å². The number of ether oxygens (including phenoxy) is 1. The number of carbonyl (C=O) groups excluding carboxylic acids is 2. The van der Waals surface area contributed by atoms with Crippen molar-refractivity contribution in [3.8, 4) is 0 Å². The Morgan fingerprint density at radius 1 is 1.30 bits per heavy atom. The first-order valence-electron chi connectivity index (χ1n) is 6.71. The average molecular weight is 776 g/mol. The molecule has 0 aromatic heterocycles. The Morgan fingerprint density at radius 2 is 1.87 bits per heavy atom. The van der Waals surface area contributed by atoms with Crippen molar-refractivity contribution < 1.29 is 144 Å². The molecule has 2 unspecified atom stereocenters. The molecule has 2 aliphatic rings. The van der Waals surface area contributed by atoms with E-state index in [1.807, 2.05) is 32.7 Å². The number of nitrogens with zero attached hydrogens (tertiary/aromatic N) is 2. The Bertz CT molecular complexity index is 470. The quantitative estimate of drug-likeness (QED) is 0.263. The molecule has 1 amide bonds. The number of rotatable bonds is 1. The van der Waals surface area contributed by atoms with Gasteiger partial charge in [-0.3, -0.25) is 11.0 Å². The Hall–Kier alpha value is 2.40. The number of amides is 1. The van der Waals surface area contributed by atoms with Gasteiger partial charge in [-0.05, 0) is 27.8 Å². The molecular formula is C14H20N2O4RaRbW-. The molecule has 23 heavy (non-hydrogen) atoms. The molecule has 120 valence electrons. The van der Waals surface area contributed by atoms with Crippen molar-refractivity contribution in [2.75, 3.05) is 20.1 Å². The van der Waals surface area contributed by atoms with Gasteiger partial charge in [0, 0.05) is 91.2 Å². The van der Waals surface area contributed by atoms with E-state index in [9.17, 15) is 14.7 Å². The van der Waals surface area contributed by atoms with Crippen LogP contribution >= 0.6 is 0 Å². The molecule has 2 bridgehead atoms. The van der Waals surface area contributed by atoms with Crippen molar-refractivity contribution in [2.24, 2.45) is 0 Å². The molecule has 0 saturated carbocycles. The fraction of sp³-hybridized carbons (Fsp3) is 0.714. The van der Waals surface area contributed by atoms with Crippen LogP contribution in [0.2, 0.25) is 0 Å². The zero-order chi connectivity index (χ0) is 15.1. The third kappa shape index (κ3) is 7.50. The molecule has 0 aliphatic carbocycles. The van der Waals surface area contributed by atoms with Crippen LogP contribution < -0.4 is 63.3 Å². The molecule has 2 rings (SSSR count). The summed E-state index contributed by atoms with van der Waals surface area (Å²) < 4.78 is 5.35. The normalized spacial score (nSPS) is 23.5. The fourth-order valence-electron chi connectivity index (χ4n) is 2.58. The predicted octanol–water partition coefficient (Wildman–Crippen LogP) is -3.21. The maximum Gasteiger partial charge on any atom is 1.00 e. The van der Waals surface area contributed by atoms with E-state index < -0.39 is 17.7 Å². The Balaban J connectivity index is 0. The summed E-state index contributed by atoms with van der Waals surface area (Å²) in [6, 6.07) is -0.301. The second-order valence-corrected chi connectivity index (χ2v) is 6.30. The second kappa shape index (κ2) is 11.3. The molecule has 1 fully saturated rings. The zero-order valence-corrected chi connectivity index (χ0v) is 28.1. The first kappa shape index (κ1) is 27.6. The summed E-state index contributed by atoms with van der Waals surface area (Å²) in [4.78, 5) is 26.8. The van der Waals surface area contributed by atoms with Crippen molar-refractivity contribution in [2.45, 2.75) is 44.9 Å². The largest absolute Gasteiger partial charge is 1.00 e. The second-order valence-electron chi connectivity index (χ2n) is 6.30. The molecule has 9 heteroatoms. The van der Waals surface area contributed by atoms with Gasteiger partial charge in [-0.25, -0.2) is 4.79 Å². The SMILES string of the molecule is CN1C2C[C-]=C(C(=O)[O-])C1CN(C(=O)OC(C)(C)C)C2.[Ra].[Rb+].[W]. The first-order valence-corrected chi connectivity index (χ1v) is 6.71. The van der Waals surface area contributed by atoms with Crippen LogP contribution in [0, 0.1) is 51.1 Å². The van der Waals surface area contributed by atoms with Crippen LogP contribution in [0.15, 0.2) is 5.57 Å². The zero-order valence-electron chi connectivity index (χ0n) is 14.4. The van der Waals surface area contributed by atoms with Crippen molar-refractivity contribution in [1.82, 2.24) is 9.80 Å². The van der Waals surface area contributed by atoms with Gasteiger partial charge in [0.1, 0.15) is 5.60 Å². The van der Waals surface area contributed by atoms with E-state index in [4.69, 9.17) is 4.74 Å². The van der Waals surface area contributed by atoms with Crippen LogP contribution in [-0.4, -0.2) is 59.7 Å². The third-order valence-electron chi connectivity index (χ3n) is 3.63. The van der Waals surface area contributed by atoms with Crippen LogP contribution in [0.25, 0.3) is 0 Å². The number of carboxylic acids is 1. The van der Waals surface area contributed by atoms with E-state index in [1.54, 1.807) is 4.90 Å². The molecule has 2 radical (unpaired) electrons. The number of piperazine rings is 1. The van der Waals surface area contributed by atoms with E-state index >= 15 is 0 Å². The van der Waals surface area contributed by atoms with Crippen LogP contribution in [0.1, 0.15) is 27.2 Å². The molecule has 2 aliphatic heterocycles. The molecule has 0 aromatic carbocycles. The van der Waals surface area contributed by atoms with Crippen LogP contribution in [0.4, 0.5) is 4.79 Å². The summed E-state index contributed by atoms with van der Waals surface area (Å²) in [6.07, 6.45) is 2.97. The number of hydrogen-bond donors (Lipinski definition) is 0. The third-order valence-corrected chi connectivity index (χ3v) is 3.63. The smallest absolute Gasteiger partial charge is 0.658 e. The van der Waals surface area contributed by atoms with Crippen molar-refractivity contribution in [3.05, 3.63) is 11.6 Å². The molecule has 0 N–H and O–H groups in total. The monoisotopic (exact) mass is 775 g/mol. The summed E-state index contributed by atoms with van der Waals surface area (Å²) in [7, 11) is 1.87. The van der Waals surface area contributed by atoms with Gasteiger partial charge in [0.15, 0.2) is 0 Å². The number of hydrogen-bond acceptors (Lipinski definition) is 5. The molecule has 2 heterocycles. The van der Waals surface area contributed by atoms with Crippen LogP contribution in [0.5, 0.6) is 0 Å². The standard InChI is InChI=1S/C14H21N2O4.Ra.Rb.W/c1-14(2,3)20-13(19)16-7-9-5-6-10(12(17)18)11(8-16)15(9)4;;;/h9,11H,5,7-8H2,1-4H3,(H,17,18);;;/q-1;;+1;/p-1.